The fraction of sp³-hybridized carbons (Fsp3) is 0.235. The van der Waals surface area contributed by atoms with Crippen molar-refractivity contribution in [3.8, 4) is 22.9 Å². The predicted octanol–water partition coefficient (Wildman–Crippen LogP) is 3.57. The molecule has 0 aliphatic heterocycles. The van der Waals surface area contributed by atoms with Crippen LogP contribution in [-0.4, -0.2) is 23.8 Å². The molecule has 0 aliphatic carbocycles. The van der Waals surface area contributed by atoms with Crippen LogP contribution in [0.3, 0.4) is 0 Å². The third-order valence-electron chi connectivity index (χ3n) is 3.75. The van der Waals surface area contributed by atoms with Gasteiger partial charge in [-0.15, -0.1) is 0 Å². The summed E-state index contributed by atoms with van der Waals surface area (Å²) in [4.78, 5) is 4.78. The molecule has 4 nitrogen and oxygen atoms in total. The molecule has 0 saturated carbocycles. The van der Waals surface area contributed by atoms with E-state index in [0.29, 0.717) is 5.75 Å². The van der Waals surface area contributed by atoms with Crippen molar-refractivity contribution in [3.05, 3.63) is 42.0 Å². The first-order chi connectivity index (χ1) is 10.2. The normalized spacial score (nSPS) is 10.9. The van der Waals surface area contributed by atoms with Crippen molar-refractivity contribution in [2.45, 2.75) is 6.92 Å². The van der Waals surface area contributed by atoms with E-state index in [1.807, 2.05) is 25.2 Å². The molecule has 0 N–H and O–H groups in total. The van der Waals surface area contributed by atoms with E-state index in [1.165, 1.54) is 5.56 Å². The molecule has 0 bridgehead atoms. The number of imidazole rings is 1. The lowest BCUT2D eigenvalue weighted by molar-refractivity contribution is 0.355. The number of methoxy groups -OCH3 is 2. The van der Waals surface area contributed by atoms with E-state index in [0.717, 1.165) is 28.2 Å². The molecule has 0 amide bonds. The van der Waals surface area contributed by atoms with Gasteiger partial charge in [0.1, 0.15) is 5.82 Å². The summed E-state index contributed by atoms with van der Waals surface area (Å²) in [6, 6.07) is 12.1. The van der Waals surface area contributed by atoms with E-state index >= 15 is 0 Å². The minimum absolute atomic E-state index is 0.707. The molecule has 0 radical (unpaired) electrons. The zero-order valence-corrected chi connectivity index (χ0v) is 12.7. The van der Waals surface area contributed by atoms with Crippen molar-refractivity contribution in [1.29, 1.82) is 0 Å². The number of hydrogen-bond donors (Lipinski definition) is 0. The van der Waals surface area contributed by atoms with Gasteiger partial charge in [-0.3, -0.25) is 0 Å². The minimum atomic E-state index is 0.707. The Kier molecular flexibility index (Phi) is 3.29. The van der Waals surface area contributed by atoms with Gasteiger partial charge in [0.2, 0.25) is 0 Å². The van der Waals surface area contributed by atoms with Crippen LogP contribution in [0.5, 0.6) is 11.5 Å². The van der Waals surface area contributed by atoms with Crippen LogP contribution in [0.1, 0.15) is 5.56 Å². The first-order valence-electron chi connectivity index (χ1n) is 6.80. The van der Waals surface area contributed by atoms with Gasteiger partial charge in [-0.05, 0) is 36.8 Å². The topological polar surface area (TPSA) is 36.3 Å². The van der Waals surface area contributed by atoms with Crippen LogP contribution < -0.4 is 9.47 Å². The number of nitrogens with zero attached hydrogens (tertiary/aromatic N) is 2. The highest BCUT2D eigenvalue weighted by molar-refractivity contribution is 5.83. The summed E-state index contributed by atoms with van der Waals surface area (Å²) < 4.78 is 12.8. The van der Waals surface area contributed by atoms with E-state index in [-0.39, 0.29) is 0 Å². The summed E-state index contributed by atoms with van der Waals surface area (Å²) in [5.74, 6) is 2.34. The van der Waals surface area contributed by atoms with E-state index in [1.54, 1.807) is 14.2 Å². The molecular formula is C17H18N2O2. The van der Waals surface area contributed by atoms with Crippen LogP contribution in [-0.2, 0) is 7.05 Å². The van der Waals surface area contributed by atoms with Gasteiger partial charge in [0, 0.05) is 12.6 Å². The second-order valence-electron chi connectivity index (χ2n) is 5.01. The average Bonchev–Trinajstić information content (AvgIpc) is 2.85. The first-order valence-corrected chi connectivity index (χ1v) is 6.80. The first kappa shape index (κ1) is 13.5. The Labute approximate surface area is 123 Å². The number of aromatic nitrogens is 2. The third-order valence-corrected chi connectivity index (χ3v) is 3.75. The monoisotopic (exact) mass is 282 g/mol. The van der Waals surface area contributed by atoms with Crippen LogP contribution in [0.4, 0.5) is 0 Å². The van der Waals surface area contributed by atoms with Gasteiger partial charge in [0.05, 0.1) is 25.3 Å². The lowest BCUT2D eigenvalue weighted by Crippen LogP contribution is -1.95. The largest absolute Gasteiger partial charge is 0.493 e. The Hall–Kier alpha value is -2.49. The summed E-state index contributed by atoms with van der Waals surface area (Å²) in [6.07, 6.45) is 0. The van der Waals surface area contributed by atoms with Crippen LogP contribution in [0.2, 0.25) is 0 Å². The maximum Gasteiger partial charge on any atom is 0.161 e. The van der Waals surface area contributed by atoms with E-state index in [4.69, 9.17) is 14.5 Å². The van der Waals surface area contributed by atoms with Crippen molar-refractivity contribution in [2.75, 3.05) is 14.2 Å². The number of benzene rings is 2. The second kappa shape index (κ2) is 5.13. The predicted molar refractivity (Wildman–Crippen MR) is 84.0 cm³/mol. The van der Waals surface area contributed by atoms with Crippen LogP contribution in [0, 0.1) is 6.92 Å². The summed E-state index contributed by atoms with van der Waals surface area (Å²) in [7, 11) is 5.30. The standard InChI is InChI=1S/C17H18N2O2/c1-11-6-5-7-13-16(11)18-17(19(13)2)12-8-9-14(20-3)15(10-12)21-4/h5-10H,1-4H3. The molecule has 3 rings (SSSR count). The van der Waals surface area contributed by atoms with Gasteiger partial charge in [-0.1, -0.05) is 12.1 Å². The summed E-state index contributed by atoms with van der Waals surface area (Å²) in [5.41, 5.74) is 4.34. The lowest BCUT2D eigenvalue weighted by Gasteiger charge is -2.09. The molecule has 0 saturated heterocycles. The fourth-order valence-electron chi connectivity index (χ4n) is 2.59. The summed E-state index contributed by atoms with van der Waals surface area (Å²) >= 11 is 0. The number of rotatable bonds is 3. The molecule has 21 heavy (non-hydrogen) atoms. The van der Waals surface area contributed by atoms with E-state index in [9.17, 15) is 0 Å². The van der Waals surface area contributed by atoms with Gasteiger partial charge in [-0.25, -0.2) is 4.98 Å². The molecular weight excluding hydrogens is 264 g/mol. The molecule has 0 unspecified atom stereocenters. The van der Waals surface area contributed by atoms with Crippen LogP contribution in [0.15, 0.2) is 36.4 Å². The fourth-order valence-corrected chi connectivity index (χ4v) is 2.59. The Morgan fingerprint density at radius 1 is 1.00 bits per heavy atom. The highest BCUT2D eigenvalue weighted by atomic mass is 16.5. The Balaban J connectivity index is 2.21. The Bertz CT molecular complexity index is 806. The SMILES string of the molecule is COc1ccc(-c2nc3c(C)cccc3n2C)cc1OC. The number of hydrogen-bond acceptors (Lipinski definition) is 3. The molecule has 4 heteroatoms. The molecule has 1 aromatic heterocycles. The number of fused-ring (bicyclic) bond motifs is 1. The molecule has 0 aliphatic rings. The highest BCUT2D eigenvalue weighted by Crippen LogP contribution is 2.33. The number of para-hydroxylation sites is 1. The quantitative estimate of drug-likeness (QED) is 0.737. The molecule has 0 atom stereocenters. The number of aryl methyl sites for hydroxylation is 2. The van der Waals surface area contributed by atoms with Crippen molar-refractivity contribution in [3.63, 3.8) is 0 Å². The van der Waals surface area contributed by atoms with Crippen LogP contribution in [0.25, 0.3) is 22.4 Å². The van der Waals surface area contributed by atoms with E-state index in [2.05, 4.69) is 29.7 Å². The van der Waals surface area contributed by atoms with Crippen molar-refractivity contribution in [1.82, 2.24) is 9.55 Å². The summed E-state index contributed by atoms with van der Waals surface area (Å²) in [6.45, 7) is 2.08. The summed E-state index contributed by atoms with van der Waals surface area (Å²) in [5, 5.41) is 0. The van der Waals surface area contributed by atoms with Crippen molar-refractivity contribution >= 4 is 11.0 Å². The second-order valence-corrected chi connectivity index (χ2v) is 5.01. The number of ether oxygens (including phenoxy) is 2. The van der Waals surface area contributed by atoms with Gasteiger partial charge in [0.25, 0.3) is 0 Å². The van der Waals surface area contributed by atoms with Crippen molar-refractivity contribution < 1.29 is 9.47 Å². The molecule has 0 fully saturated rings. The van der Waals surface area contributed by atoms with Gasteiger partial charge in [-0.2, -0.15) is 0 Å². The van der Waals surface area contributed by atoms with Gasteiger partial charge >= 0.3 is 0 Å². The van der Waals surface area contributed by atoms with Gasteiger partial charge < -0.3 is 14.0 Å². The maximum atomic E-state index is 5.37. The average molecular weight is 282 g/mol. The molecule has 2 aromatic carbocycles. The zero-order chi connectivity index (χ0) is 15.0. The molecule has 0 spiro atoms. The highest BCUT2D eigenvalue weighted by Gasteiger charge is 2.13. The minimum Gasteiger partial charge on any atom is -0.493 e. The smallest absolute Gasteiger partial charge is 0.161 e. The zero-order valence-electron chi connectivity index (χ0n) is 12.7. The van der Waals surface area contributed by atoms with E-state index < -0.39 is 0 Å². The van der Waals surface area contributed by atoms with Crippen molar-refractivity contribution in [2.24, 2.45) is 7.05 Å². The maximum absolute atomic E-state index is 5.37. The molecule has 108 valence electrons. The molecule has 1 heterocycles. The van der Waals surface area contributed by atoms with Crippen LogP contribution >= 0.6 is 0 Å². The Morgan fingerprint density at radius 3 is 2.43 bits per heavy atom. The Morgan fingerprint density at radius 2 is 1.76 bits per heavy atom. The van der Waals surface area contributed by atoms with Gasteiger partial charge in [0.15, 0.2) is 11.5 Å². The molecule has 3 aromatic rings. The lowest BCUT2D eigenvalue weighted by atomic mass is 10.2. The third kappa shape index (κ3) is 2.13.